The Bertz CT molecular complexity index is 790. The van der Waals surface area contributed by atoms with Crippen molar-refractivity contribution in [1.29, 1.82) is 0 Å². The Kier molecular flexibility index (Phi) is 4.66. The third-order valence-corrected chi connectivity index (χ3v) is 12.7. The summed E-state index contributed by atoms with van der Waals surface area (Å²) >= 11 is 0. The highest BCUT2D eigenvalue weighted by molar-refractivity contribution is 5.34. The van der Waals surface area contributed by atoms with Gasteiger partial charge in [0.15, 0.2) is 0 Å². The molecule has 0 spiro atoms. The van der Waals surface area contributed by atoms with E-state index in [0.717, 1.165) is 18.3 Å². The van der Waals surface area contributed by atoms with Crippen LogP contribution < -0.4 is 0 Å². The number of hydrogen-bond donors (Lipinski definition) is 1. The van der Waals surface area contributed by atoms with Gasteiger partial charge < -0.3 is 5.11 Å². The molecule has 4 fully saturated rings. The minimum Gasteiger partial charge on any atom is -0.393 e. The van der Waals surface area contributed by atoms with Crippen LogP contribution in [0.5, 0.6) is 0 Å². The van der Waals surface area contributed by atoms with Gasteiger partial charge in [-0.1, -0.05) is 67.0 Å². The van der Waals surface area contributed by atoms with E-state index in [2.05, 4.69) is 61.5 Å². The van der Waals surface area contributed by atoms with Crippen LogP contribution in [0.2, 0.25) is 0 Å². The van der Waals surface area contributed by atoms with Gasteiger partial charge in [0.1, 0.15) is 0 Å². The molecule has 0 unspecified atom stereocenters. The zero-order valence-electron chi connectivity index (χ0n) is 21.9. The first-order chi connectivity index (χ1) is 14.2. The Morgan fingerprint density at radius 3 is 2.00 bits per heavy atom. The van der Waals surface area contributed by atoms with Crippen LogP contribution >= 0.6 is 0 Å². The molecule has 1 nitrogen and oxygen atoms in total. The van der Waals surface area contributed by atoms with E-state index in [4.69, 9.17) is 0 Å². The van der Waals surface area contributed by atoms with E-state index in [9.17, 15) is 5.11 Å². The van der Waals surface area contributed by atoms with Crippen molar-refractivity contribution in [1.82, 2.24) is 0 Å². The van der Waals surface area contributed by atoms with E-state index in [0.29, 0.717) is 33.0 Å². The lowest BCUT2D eigenvalue weighted by Crippen LogP contribution is -2.63. The zero-order valence-corrected chi connectivity index (χ0v) is 21.9. The second-order valence-corrected chi connectivity index (χ2v) is 15.3. The van der Waals surface area contributed by atoms with Crippen molar-refractivity contribution in [3.63, 3.8) is 0 Å². The molecule has 0 aromatic carbocycles. The molecule has 5 rings (SSSR count). The SMILES string of the molecule is CC1(C)CC[C@@]2(C)CC=C3[C@](C)(CC[C@H]4[C@]5(C)CC[C@H](O)C(C)(C)[C@H]5CC[C@]34C)[C@H]2C1. The first-order valence-electron chi connectivity index (χ1n) is 13.6. The quantitative estimate of drug-likeness (QED) is 0.387. The molecule has 0 aromatic heterocycles. The molecule has 31 heavy (non-hydrogen) atoms. The molecule has 0 saturated heterocycles. The van der Waals surface area contributed by atoms with Gasteiger partial charge in [0.25, 0.3) is 0 Å². The summed E-state index contributed by atoms with van der Waals surface area (Å²) in [6, 6.07) is 0. The van der Waals surface area contributed by atoms with Crippen LogP contribution in [-0.2, 0) is 0 Å². The Hall–Kier alpha value is -0.300. The summed E-state index contributed by atoms with van der Waals surface area (Å²) in [5.41, 5.74) is 4.07. The molecule has 1 N–H and O–H groups in total. The fraction of sp³-hybridized carbons (Fsp3) is 0.933. The number of rotatable bonds is 0. The minimum absolute atomic E-state index is 0.0575. The summed E-state index contributed by atoms with van der Waals surface area (Å²) in [6.45, 7) is 20.4. The third kappa shape index (κ3) is 2.83. The summed E-state index contributed by atoms with van der Waals surface area (Å²) in [5, 5.41) is 10.9. The molecule has 0 radical (unpaired) electrons. The van der Waals surface area contributed by atoms with Gasteiger partial charge in [-0.3, -0.25) is 0 Å². The normalized spacial score (nSPS) is 55.2. The van der Waals surface area contributed by atoms with Crippen molar-refractivity contribution in [3.05, 3.63) is 11.6 Å². The lowest BCUT2D eigenvalue weighted by molar-refractivity contribution is -0.184. The van der Waals surface area contributed by atoms with E-state index >= 15 is 0 Å². The fourth-order valence-corrected chi connectivity index (χ4v) is 10.8. The average molecular weight is 427 g/mol. The van der Waals surface area contributed by atoms with Gasteiger partial charge >= 0.3 is 0 Å². The summed E-state index contributed by atoms with van der Waals surface area (Å²) in [6.07, 6.45) is 15.8. The monoisotopic (exact) mass is 426 g/mol. The Morgan fingerprint density at radius 2 is 1.32 bits per heavy atom. The topological polar surface area (TPSA) is 20.2 Å². The van der Waals surface area contributed by atoms with Crippen LogP contribution in [0.3, 0.4) is 0 Å². The van der Waals surface area contributed by atoms with Crippen molar-refractivity contribution in [3.8, 4) is 0 Å². The molecule has 0 aromatic rings. The molecule has 5 aliphatic rings. The molecular formula is C30H50O. The van der Waals surface area contributed by atoms with Crippen molar-refractivity contribution >= 4 is 0 Å². The summed E-state index contributed by atoms with van der Waals surface area (Å²) in [7, 11) is 0. The van der Waals surface area contributed by atoms with E-state index in [1.807, 2.05) is 5.57 Å². The van der Waals surface area contributed by atoms with E-state index in [1.165, 1.54) is 57.8 Å². The van der Waals surface area contributed by atoms with Crippen molar-refractivity contribution in [2.45, 2.75) is 126 Å². The van der Waals surface area contributed by atoms with E-state index in [1.54, 1.807) is 0 Å². The van der Waals surface area contributed by atoms with E-state index < -0.39 is 0 Å². The Labute approximate surface area is 192 Å². The van der Waals surface area contributed by atoms with Crippen LogP contribution in [0.1, 0.15) is 120 Å². The number of hydrogen-bond acceptors (Lipinski definition) is 1. The Balaban J connectivity index is 1.56. The lowest BCUT2D eigenvalue weighted by Gasteiger charge is -2.70. The maximum atomic E-state index is 10.9. The van der Waals surface area contributed by atoms with Gasteiger partial charge in [0.05, 0.1) is 6.10 Å². The predicted octanol–water partition coefficient (Wildman–Crippen LogP) is 8.17. The van der Waals surface area contributed by atoms with Gasteiger partial charge in [-0.25, -0.2) is 0 Å². The average Bonchev–Trinajstić information content (AvgIpc) is 2.66. The predicted molar refractivity (Wildman–Crippen MR) is 131 cm³/mol. The number of aliphatic hydroxyl groups is 1. The zero-order chi connectivity index (χ0) is 22.7. The first-order valence-corrected chi connectivity index (χ1v) is 13.6. The smallest absolute Gasteiger partial charge is 0.0594 e. The molecule has 0 amide bonds. The molecule has 8 atom stereocenters. The van der Waals surface area contributed by atoms with Crippen LogP contribution in [0.4, 0.5) is 0 Å². The largest absolute Gasteiger partial charge is 0.393 e. The van der Waals surface area contributed by atoms with Crippen molar-refractivity contribution < 1.29 is 5.11 Å². The molecule has 0 heterocycles. The molecule has 176 valence electrons. The molecule has 4 saturated carbocycles. The van der Waals surface area contributed by atoms with Crippen LogP contribution in [0.25, 0.3) is 0 Å². The third-order valence-electron chi connectivity index (χ3n) is 12.7. The maximum Gasteiger partial charge on any atom is 0.0594 e. The van der Waals surface area contributed by atoms with Gasteiger partial charge in [0.2, 0.25) is 0 Å². The van der Waals surface area contributed by atoms with E-state index in [-0.39, 0.29) is 11.5 Å². The van der Waals surface area contributed by atoms with Crippen molar-refractivity contribution in [2.75, 3.05) is 0 Å². The second-order valence-electron chi connectivity index (χ2n) is 15.3. The molecule has 0 bridgehead atoms. The van der Waals surface area contributed by atoms with Gasteiger partial charge in [-0.15, -0.1) is 0 Å². The van der Waals surface area contributed by atoms with Crippen molar-refractivity contribution in [2.24, 2.45) is 50.2 Å². The van der Waals surface area contributed by atoms with Crippen LogP contribution in [-0.4, -0.2) is 11.2 Å². The highest BCUT2D eigenvalue weighted by Gasteiger charge is 2.66. The number of fused-ring (bicyclic) bond motifs is 7. The number of allylic oxidation sites excluding steroid dienone is 2. The van der Waals surface area contributed by atoms with Gasteiger partial charge in [-0.2, -0.15) is 0 Å². The second kappa shape index (κ2) is 6.43. The highest BCUT2D eigenvalue weighted by Crippen LogP contribution is 2.74. The van der Waals surface area contributed by atoms with Crippen LogP contribution in [0, 0.1) is 50.2 Å². The van der Waals surface area contributed by atoms with Crippen LogP contribution in [0.15, 0.2) is 11.6 Å². The summed E-state index contributed by atoms with van der Waals surface area (Å²) in [5.74, 6) is 2.29. The fourth-order valence-electron chi connectivity index (χ4n) is 10.8. The van der Waals surface area contributed by atoms with Gasteiger partial charge in [-0.05, 0) is 114 Å². The summed E-state index contributed by atoms with van der Waals surface area (Å²) < 4.78 is 0. The van der Waals surface area contributed by atoms with Gasteiger partial charge in [0, 0.05) is 0 Å². The molecule has 0 aliphatic heterocycles. The molecule has 1 heteroatoms. The molecular weight excluding hydrogens is 376 g/mol. The standard InChI is InChI=1S/C30H50O/c1-25(2)17-18-27(5)13-9-21-29(7)14-10-20-26(3,4)24(31)12-16-28(20,6)22(29)11-15-30(21,8)23(27)19-25/h9,20,22-24,31H,10-19H2,1-8H3/t20-,22+,23+,24+,27-,28-,29-,30+/m1/s1. The maximum absolute atomic E-state index is 10.9. The highest BCUT2D eigenvalue weighted by atomic mass is 16.3. The number of aliphatic hydroxyl groups excluding tert-OH is 1. The molecule has 5 aliphatic carbocycles. The lowest BCUT2D eigenvalue weighted by atomic mass is 9.35. The first kappa shape index (κ1) is 22.5. The minimum atomic E-state index is -0.122. The Morgan fingerprint density at radius 1 is 0.710 bits per heavy atom. The summed E-state index contributed by atoms with van der Waals surface area (Å²) in [4.78, 5) is 0.